The van der Waals surface area contributed by atoms with Gasteiger partial charge < -0.3 is 23.4 Å². The highest BCUT2D eigenvalue weighted by molar-refractivity contribution is 6.22. The minimum atomic E-state index is -0.478. The maximum Gasteiger partial charge on any atom is 0.374 e. The fourth-order valence-corrected chi connectivity index (χ4v) is 4.89. The Bertz CT molecular complexity index is 1020. The van der Waals surface area contributed by atoms with Crippen LogP contribution in [0.1, 0.15) is 48.7 Å². The molecule has 4 unspecified atom stereocenters. The number of hydrogen-bond acceptors (Lipinski definition) is 7. The van der Waals surface area contributed by atoms with E-state index in [0.717, 1.165) is 18.4 Å². The molecule has 0 saturated heterocycles. The molecule has 0 bridgehead atoms. The second kappa shape index (κ2) is 8.73. The number of hydrogen-bond donors (Lipinski definition) is 0. The number of Topliss-reactive ketones (excluding diaryl/α,β-unsaturated/α-hetero) is 1. The summed E-state index contributed by atoms with van der Waals surface area (Å²) in [7, 11) is 0. The van der Waals surface area contributed by atoms with Gasteiger partial charge in [0.25, 0.3) is 0 Å². The van der Waals surface area contributed by atoms with Gasteiger partial charge in [0, 0.05) is 6.42 Å². The molecule has 0 radical (unpaired) electrons. The Balaban J connectivity index is 1.35. The number of carbonyl (C=O) groups is 2. The Morgan fingerprint density at radius 1 is 1.12 bits per heavy atom. The van der Waals surface area contributed by atoms with Crippen LogP contribution in [0.4, 0.5) is 0 Å². The average Bonchev–Trinajstić information content (AvgIpc) is 3.35. The van der Waals surface area contributed by atoms with E-state index >= 15 is 0 Å². The van der Waals surface area contributed by atoms with Gasteiger partial charge in [0.1, 0.15) is 25.4 Å². The zero-order valence-electron chi connectivity index (χ0n) is 18.0. The van der Waals surface area contributed by atoms with E-state index in [2.05, 4.69) is 6.92 Å². The topological polar surface area (TPSA) is 84.2 Å². The first-order valence-electron chi connectivity index (χ1n) is 11.2. The van der Waals surface area contributed by atoms with Crippen molar-refractivity contribution in [3.05, 3.63) is 54.2 Å². The van der Waals surface area contributed by atoms with Gasteiger partial charge >= 0.3 is 5.97 Å². The van der Waals surface area contributed by atoms with E-state index in [-0.39, 0.29) is 35.6 Å². The van der Waals surface area contributed by atoms with Crippen molar-refractivity contribution < 1.29 is 33.0 Å². The molecule has 1 saturated carbocycles. The summed E-state index contributed by atoms with van der Waals surface area (Å²) in [6.45, 7) is 3.10. The summed E-state index contributed by atoms with van der Waals surface area (Å²) in [5, 5.41) is 0. The van der Waals surface area contributed by atoms with Gasteiger partial charge in [-0.3, -0.25) is 4.79 Å². The number of ketones is 1. The van der Waals surface area contributed by atoms with Gasteiger partial charge in [0.05, 0.1) is 24.0 Å². The van der Waals surface area contributed by atoms with Gasteiger partial charge in [-0.25, -0.2) is 4.79 Å². The lowest BCUT2D eigenvalue weighted by molar-refractivity contribution is -0.129. The molecule has 0 N–H and O–H groups in total. The van der Waals surface area contributed by atoms with Crippen molar-refractivity contribution in [2.24, 2.45) is 11.8 Å². The van der Waals surface area contributed by atoms with Crippen molar-refractivity contribution in [2.75, 3.05) is 13.2 Å². The largest absolute Gasteiger partial charge is 0.496 e. The van der Waals surface area contributed by atoms with Crippen molar-refractivity contribution in [2.45, 2.75) is 44.8 Å². The molecule has 1 aromatic carbocycles. The number of ether oxygens (including phenoxy) is 4. The highest BCUT2D eigenvalue weighted by Crippen LogP contribution is 2.42. The van der Waals surface area contributed by atoms with Crippen LogP contribution in [0.2, 0.25) is 0 Å². The number of furan rings is 1. The average molecular weight is 438 g/mol. The molecule has 7 heteroatoms. The lowest BCUT2D eigenvalue weighted by Crippen LogP contribution is -2.46. The number of esters is 1. The summed E-state index contributed by atoms with van der Waals surface area (Å²) in [6, 6.07) is 8.77. The first kappa shape index (κ1) is 20.7. The fourth-order valence-electron chi connectivity index (χ4n) is 4.89. The second-order valence-corrected chi connectivity index (χ2v) is 8.48. The van der Waals surface area contributed by atoms with Crippen LogP contribution in [-0.4, -0.2) is 37.2 Å². The summed E-state index contributed by atoms with van der Waals surface area (Å²) in [6.07, 6.45) is 5.28. The number of benzene rings is 1. The van der Waals surface area contributed by atoms with E-state index < -0.39 is 5.97 Å². The number of carbonyl (C=O) groups excluding carboxylic acids is 2. The molecule has 7 nitrogen and oxygen atoms in total. The monoisotopic (exact) mass is 438 g/mol. The third-order valence-electron chi connectivity index (χ3n) is 6.45. The molecule has 1 aliphatic carbocycles. The predicted octanol–water partition coefficient (Wildman–Crippen LogP) is 4.41. The lowest BCUT2D eigenvalue weighted by atomic mass is 9.71. The maximum atomic E-state index is 13.5. The van der Waals surface area contributed by atoms with E-state index in [0.29, 0.717) is 43.1 Å². The summed E-state index contributed by atoms with van der Waals surface area (Å²) in [5.41, 5.74) is 1.31. The normalized spacial score (nSPS) is 26.5. The van der Waals surface area contributed by atoms with E-state index in [9.17, 15) is 9.59 Å². The van der Waals surface area contributed by atoms with Crippen molar-refractivity contribution in [1.82, 2.24) is 0 Å². The molecule has 0 amide bonds. The Labute approximate surface area is 186 Å². The second-order valence-electron chi connectivity index (χ2n) is 8.48. The first-order valence-corrected chi connectivity index (χ1v) is 11.2. The summed E-state index contributed by atoms with van der Waals surface area (Å²) < 4.78 is 28.2. The molecule has 4 atom stereocenters. The number of fused-ring (bicyclic) bond motifs is 2. The minimum Gasteiger partial charge on any atom is -0.496 e. The number of allylic oxidation sites excluding steroid dienone is 1. The Morgan fingerprint density at radius 2 is 1.97 bits per heavy atom. The molecule has 168 valence electrons. The highest BCUT2D eigenvalue weighted by Gasteiger charge is 2.45. The lowest BCUT2D eigenvalue weighted by Gasteiger charge is -2.41. The summed E-state index contributed by atoms with van der Waals surface area (Å²) >= 11 is 0. The Hall–Kier alpha value is -3.22. The Morgan fingerprint density at radius 3 is 2.75 bits per heavy atom. The predicted molar refractivity (Wildman–Crippen MR) is 114 cm³/mol. The molecule has 2 aromatic rings. The van der Waals surface area contributed by atoms with E-state index in [1.807, 2.05) is 18.2 Å². The van der Waals surface area contributed by atoms with Crippen LogP contribution in [0, 0.1) is 11.8 Å². The van der Waals surface area contributed by atoms with Crippen molar-refractivity contribution in [3.63, 3.8) is 0 Å². The molecule has 2 aliphatic heterocycles. The quantitative estimate of drug-likeness (QED) is 0.639. The first-order chi connectivity index (χ1) is 15.6. The third-order valence-corrected chi connectivity index (χ3v) is 6.45. The molecule has 1 aromatic heterocycles. The van der Waals surface area contributed by atoms with Crippen LogP contribution in [0.15, 0.2) is 47.3 Å². The molecule has 32 heavy (non-hydrogen) atoms. The van der Waals surface area contributed by atoms with Gasteiger partial charge in [0.2, 0.25) is 5.76 Å². The SMILES string of the molecule is CCCC1CC2C(=O)C(c3ccc4c(c3)OCCO4)=COC2CC1OC(=O)c1ccco1. The van der Waals surface area contributed by atoms with Gasteiger partial charge in [0.15, 0.2) is 17.3 Å². The van der Waals surface area contributed by atoms with Gasteiger partial charge in [-0.2, -0.15) is 0 Å². The Kier molecular flexibility index (Phi) is 5.64. The molecular weight excluding hydrogens is 412 g/mol. The van der Waals surface area contributed by atoms with Crippen molar-refractivity contribution >= 4 is 17.3 Å². The molecule has 3 aliphatic rings. The standard InChI is InChI=1S/C25H26O7/c1-2-4-16-11-17-22(13-21(16)32-25(27)20-5-3-8-28-20)31-14-18(24(17)26)15-6-7-19-23(12-15)30-10-9-29-19/h3,5-8,12,14,16-17,21-22H,2,4,9-11,13H2,1H3. The fraction of sp³-hybridized carbons (Fsp3) is 0.440. The summed E-state index contributed by atoms with van der Waals surface area (Å²) in [4.78, 5) is 25.9. The van der Waals surface area contributed by atoms with Crippen LogP contribution in [0.5, 0.6) is 11.5 Å². The summed E-state index contributed by atoms with van der Waals surface area (Å²) in [5.74, 6) is 0.921. The van der Waals surface area contributed by atoms with Crippen molar-refractivity contribution in [3.8, 4) is 11.5 Å². The zero-order chi connectivity index (χ0) is 22.1. The zero-order valence-corrected chi connectivity index (χ0v) is 18.0. The molecule has 1 fully saturated rings. The molecule has 3 heterocycles. The van der Waals surface area contributed by atoms with Crippen LogP contribution in [0.25, 0.3) is 5.57 Å². The van der Waals surface area contributed by atoms with Crippen LogP contribution in [0.3, 0.4) is 0 Å². The van der Waals surface area contributed by atoms with Gasteiger partial charge in [-0.05, 0) is 48.6 Å². The molecule has 5 rings (SSSR count). The molecular formula is C25H26O7. The highest BCUT2D eigenvalue weighted by atomic mass is 16.6. The van der Waals surface area contributed by atoms with E-state index in [1.165, 1.54) is 6.26 Å². The smallest absolute Gasteiger partial charge is 0.374 e. The van der Waals surface area contributed by atoms with E-state index in [4.69, 9.17) is 23.4 Å². The van der Waals surface area contributed by atoms with E-state index in [1.54, 1.807) is 18.4 Å². The van der Waals surface area contributed by atoms with Crippen LogP contribution in [-0.2, 0) is 14.3 Å². The van der Waals surface area contributed by atoms with Crippen molar-refractivity contribution in [1.29, 1.82) is 0 Å². The maximum absolute atomic E-state index is 13.5. The molecule has 0 spiro atoms. The van der Waals surface area contributed by atoms with Crippen LogP contribution >= 0.6 is 0 Å². The van der Waals surface area contributed by atoms with Gasteiger partial charge in [-0.15, -0.1) is 0 Å². The van der Waals surface area contributed by atoms with Gasteiger partial charge in [-0.1, -0.05) is 19.4 Å². The third kappa shape index (κ3) is 3.87. The number of rotatable bonds is 5. The van der Waals surface area contributed by atoms with Crippen LogP contribution < -0.4 is 9.47 Å². The minimum absolute atomic E-state index is 0.0647.